The predicted octanol–water partition coefficient (Wildman–Crippen LogP) is 2.75. The smallest absolute Gasteiger partial charge is 0.254 e. The molecule has 2 aliphatic carbocycles. The summed E-state index contributed by atoms with van der Waals surface area (Å²) in [4.78, 5) is 45.2. The first-order chi connectivity index (χ1) is 17.4. The molecule has 0 radical (unpaired) electrons. The molecule has 2 bridgehead atoms. The van der Waals surface area contributed by atoms with Crippen LogP contribution in [0.3, 0.4) is 0 Å². The minimum Gasteiger partial charge on any atom is -0.399 e. The minimum absolute atomic E-state index is 0.0849. The maximum Gasteiger partial charge on any atom is 0.254 e. The van der Waals surface area contributed by atoms with E-state index in [1.807, 2.05) is 60.7 Å². The number of carbonyl (C=O) groups excluding carboxylic acids is 3. The second kappa shape index (κ2) is 9.97. The van der Waals surface area contributed by atoms with Crippen LogP contribution in [0.15, 0.2) is 71.9 Å². The lowest BCUT2D eigenvalue weighted by atomic mass is 9.88. The number of hydrogen-bond acceptors (Lipinski definition) is 5. The third-order valence-corrected chi connectivity index (χ3v) is 7.52. The topological polar surface area (TPSA) is 114 Å². The molecule has 1 heterocycles. The summed E-state index contributed by atoms with van der Waals surface area (Å²) in [6, 6.07) is 16.8. The molecule has 1 aliphatic heterocycles. The number of hydrogen-bond donors (Lipinski definition) is 2. The third kappa shape index (κ3) is 4.63. The first-order valence-electron chi connectivity index (χ1n) is 12.3. The van der Waals surface area contributed by atoms with E-state index in [1.165, 1.54) is 7.11 Å². The van der Waals surface area contributed by atoms with Gasteiger partial charge < -0.3 is 20.8 Å². The second-order valence-electron chi connectivity index (χ2n) is 9.75. The number of nitrogens with zero attached hydrogens (tertiary/aromatic N) is 2. The molecular weight excluding hydrogens is 456 g/mol. The molecule has 3 N–H and O–H groups in total. The fourth-order valence-corrected chi connectivity index (χ4v) is 5.86. The molecular formula is C28H30N4O4. The van der Waals surface area contributed by atoms with Gasteiger partial charge in [-0.1, -0.05) is 59.8 Å². The van der Waals surface area contributed by atoms with Gasteiger partial charge in [-0.05, 0) is 41.5 Å². The highest BCUT2D eigenvalue weighted by Crippen LogP contribution is 2.43. The standard InChI is InChI=1S/C28H30N4O4/c1-36-31-22-14-23(15-24(33)30-26-21-12-11-20(13-21)25(26)27(29)34)32(16-22)28(35)19-9-7-18(8-10-19)17-5-3-2-4-6-17/h2-12,20-21,23,25-26H,13-16H2,1H3,(H2,29,34)(H,30,33)/t20-,21+,23-,25+,26-/m0/s1. The maximum atomic E-state index is 13.5. The molecule has 0 unspecified atom stereocenters. The fourth-order valence-electron chi connectivity index (χ4n) is 5.86. The lowest BCUT2D eigenvalue weighted by molar-refractivity contribution is -0.125. The molecule has 36 heavy (non-hydrogen) atoms. The second-order valence-corrected chi connectivity index (χ2v) is 9.75. The van der Waals surface area contributed by atoms with Gasteiger partial charge in [0.2, 0.25) is 11.8 Å². The maximum absolute atomic E-state index is 13.5. The first kappa shape index (κ1) is 23.8. The van der Waals surface area contributed by atoms with Gasteiger partial charge >= 0.3 is 0 Å². The first-order valence-corrected chi connectivity index (χ1v) is 12.3. The molecule has 0 spiro atoms. The molecule has 186 valence electrons. The van der Waals surface area contributed by atoms with E-state index < -0.39 is 0 Å². The molecule has 0 aromatic heterocycles. The van der Waals surface area contributed by atoms with Crippen molar-refractivity contribution >= 4 is 23.4 Å². The highest BCUT2D eigenvalue weighted by atomic mass is 16.6. The highest BCUT2D eigenvalue weighted by molar-refractivity contribution is 6.01. The van der Waals surface area contributed by atoms with Crippen molar-refractivity contribution in [3.05, 3.63) is 72.3 Å². The van der Waals surface area contributed by atoms with Crippen LogP contribution in [-0.2, 0) is 14.4 Å². The lowest BCUT2D eigenvalue weighted by Gasteiger charge is -2.28. The Balaban J connectivity index is 1.29. The van der Waals surface area contributed by atoms with Crippen LogP contribution in [0.25, 0.3) is 11.1 Å². The largest absolute Gasteiger partial charge is 0.399 e. The van der Waals surface area contributed by atoms with Crippen LogP contribution in [0.2, 0.25) is 0 Å². The van der Waals surface area contributed by atoms with Crippen LogP contribution in [0.4, 0.5) is 0 Å². The Labute approximate surface area is 210 Å². The van der Waals surface area contributed by atoms with Gasteiger partial charge in [-0.25, -0.2) is 0 Å². The van der Waals surface area contributed by atoms with E-state index in [0.29, 0.717) is 24.2 Å². The van der Waals surface area contributed by atoms with Crippen LogP contribution in [-0.4, -0.2) is 54.1 Å². The van der Waals surface area contributed by atoms with E-state index in [4.69, 9.17) is 10.6 Å². The van der Waals surface area contributed by atoms with Crippen LogP contribution in [0.5, 0.6) is 0 Å². The Kier molecular flexibility index (Phi) is 6.59. The number of nitrogens with two attached hydrogens (primary N) is 1. The highest BCUT2D eigenvalue weighted by Gasteiger charge is 2.48. The predicted molar refractivity (Wildman–Crippen MR) is 136 cm³/mol. The van der Waals surface area contributed by atoms with Gasteiger partial charge in [0.1, 0.15) is 7.11 Å². The Morgan fingerprint density at radius 3 is 2.42 bits per heavy atom. The number of oxime groups is 1. The van der Waals surface area contributed by atoms with E-state index in [-0.39, 0.29) is 54.0 Å². The molecule has 2 fully saturated rings. The van der Waals surface area contributed by atoms with E-state index in [9.17, 15) is 14.4 Å². The number of nitrogens with one attached hydrogen (secondary N) is 1. The van der Waals surface area contributed by atoms with Crippen molar-refractivity contribution in [1.29, 1.82) is 0 Å². The van der Waals surface area contributed by atoms with Crippen molar-refractivity contribution in [1.82, 2.24) is 10.2 Å². The molecule has 5 atom stereocenters. The SMILES string of the molecule is CON=C1C[C@@H](CC(=O)N[C@@H]2[C@H](C(N)=O)[C@H]3C=C[C@@H]2C3)N(C(=O)c2ccc(-c3ccccc3)cc2)C1. The van der Waals surface area contributed by atoms with Crippen LogP contribution < -0.4 is 11.1 Å². The summed E-state index contributed by atoms with van der Waals surface area (Å²) in [7, 11) is 1.47. The summed E-state index contributed by atoms with van der Waals surface area (Å²) in [5.74, 6) is -0.935. The van der Waals surface area contributed by atoms with Crippen LogP contribution >= 0.6 is 0 Å². The van der Waals surface area contributed by atoms with E-state index in [2.05, 4.69) is 16.5 Å². The normalized spacial score (nSPS) is 27.4. The summed E-state index contributed by atoms with van der Waals surface area (Å²) in [6.45, 7) is 0.297. The molecule has 1 saturated heterocycles. The summed E-state index contributed by atoms with van der Waals surface area (Å²) in [6.07, 6.45) is 5.47. The molecule has 2 aromatic carbocycles. The van der Waals surface area contributed by atoms with Gasteiger partial charge in [0.15, 0.2) is 0 Å². The number of likely N-dealkylation sites (tertiary alicyclic amines) is 1. The van der Waals surface area contributed by atoms with E-state index >= 15 is 0 Å². The number of amides is 3. The van der Waals surface area contributed by atoms with Gasteiger partial charge in [-0.2, -0.15) is 0 Å². The van der Waals surface area contributed by atoms with Gasteiger partial charge in [0, 0.05) is 30.5 Å². The molecule has 3 aliphatic rings. The van der Waals surface area contributed by atoms with Crippen molar-refractivity contribution in [3.8, 4) is 11.1 Å². The molecule has 5 rings (SSSR count). The Morgan fingerprint density at radius 1 is 1.03 bits per heavy atom. The van der Waals surface area contributed by atoms with Gasteiger partial charge in [0.25, 0.3) is 5.91 Å². The Hall–Kier alpha value is -3.94. The van der Waals surface area contributed by atoms with Crippen molar-refractivity contribution in [2.24, 2.45) is 28.6 Å². The molecule has 8 heteroatoms. The number of rotatable bonds is 7. The zero-order valence-corrected chi connectivity index (χ0v) is 20.2. The monoisotopic (exact) mass is 486 g/mol. The third-order valence-electron chi connectivity index (χ3n) is 7.52. The molecule has 2 aromatic rings. The average Bonchev–Trinajstić information content (AvgIpc) is 3.60. The lowest BCUT2D eigenvalue weighted by Crippen LogP contribution is -2.49. The molecule has 8 nitrogen and oxygen atoms in total. The summed E-state index contributed by atoms with van der Waals surface area (Å²) < 4.78 is 0. The summed E-state index contributed by atoms with van der Waals surface area (Å²) in [5.41, 5.74) is 8.99. The number of benzene rings is 2. The number of allylic oxidation sites excluding steroid dienone is 1. The zero-order valence-electron chi connectivity index (χ0n) is 20.2. The summed E-state index contributed by atoms with van der Waals surface area (Å²) in [5, 5.41) is 7.09. The van der Waals surface area contributed by atoms with Crippen molar-refractivity contribution in [2.45, 2.75) is 31.3 Å². The number of fused-ring (bicyclic) bond motifs is 2. The van der Waals surface area contributed by atoms with Crippen LogP contribution in [0.1, 0.15) is 29.6 Å². The van der Waals surface area contributed by atoms with Crippen molar-refractivity contribution in [2.75, 3.05) is 13.7 Å². The Bertz CT molecular complexity index is 1210. The Morgan fingerprint density at radius 2 is 1.72 bits per heavy atom. The van der Waals surface area contributed by atoms with E-state index in [0.717, 1.165) is 17.5 Å². The minimum atomic E-state index is -0.390. The molecule has 1 saturated carbocycles. The zero-order chi connectivity index (χ0) is 25.2. The average molecular weight is 487 g/mol. The van der Waals surface area contributed by atoms with Crippen LogP contribution in [0, 0.1) is 17.8 Å². The van der Waals surface area contributed by atoms with E-state index in [1.54, 1.807) is 4.90 Å². The fraction of sp³-hybridized carbons (Fsp3) is 0.357. The van der Waals surface area contributed by atoms with Crippen molar-refractivity contribution in [3.63, 3.8) is 0 Å². The molecule has 3 amide bonds. The summed E-state index contributed by atoms with van der Waals surface area (Å²) >= 11 is 0. The van der Waals surface area contributed by atoms with Gasteiger partial charge in [-0.15, -0.1) is 0 Å². The number of primary amides is 1. The number of carbonyl (C=O) groups is 3. The quantitative estimate of drug-likeness (QED) is 0.463. The van der Waals surface area contributed by atoms with Gasteiger partial charge in [-0.3, -0.25) is 14.4 Å². The van der Waals surface area contributed by atoms with Gasteiger partial charge in [0.05, 0.1) is 18.2 Å². The van der Waals surface area contributed by atoms with Crippen molar-refractivity contribution < 1.29 is 19.2 Å².